The van der Waals surface area contributed by atoms with E-state index in [2.05, 4.69) is 5.32 Å². The molecule has 4 nitrogen and oxygen atoms in total. The van der Waals surface area contributed by atoms with Crippen molar-refractivity contribution in [2.45, 2.75) is 65.1 Å². The van der Waals surface area contributed by atoms with Crippen molar-refractivity contribution < 1.29 is 9.53 Å². The molecule has 0 aliphatic carbocycles. The molecule has 0 aromatic heterocycles. The molecule has 4 heteroatoms. The van der Waals surface area contributed by atoms with Gasteiger partial charge in [-0.15, -0.1) is 0 Å². The average molecular weight is 292 g/mol. The molecule has 1 aromatic carbocycles. The van der Waals surface area contributed by atoms with Crippen molar-refractivity contribution in [1.29, 1.82) is 0 Å². The summed E-state index contributed by atoms with van der Waals surface area (Å²) in [6.07, 6.45) is 1.19. The Kier molecular flexibility index (Phi) is 6.21. The first-order chi connectivity index (χ1) is 9.73. The predicted molar refractivity (Wildman–Crippen MR) is 86.4 cm³/mol. The minimum Gasteiger partial charge on any atom is -0.481 e. The number of hydrogen-bond acceptors (Lipinski definition) is 3. The molecule has 118 valence electrons. The summed E-state index contributed by atoms with van der Waals surface area (Å²) < 4.78 is 5.68. The first-order valence-electron chi connectivity index (χ1n) is 7.56. The lowest BCUT2D eigenvalue weighted by molar-refractivity contribution is -0.128. The Morgan fingerprint density at radius 1 is 1.29 bits per heavy atom. The second-order valence-corrected chi connectivity index (χ2v) is 6.31. The van der Waals surface area contributed by atoms with Crippen LogP contribution in [0.15, 0.2) is 24.3 Å². The van der Waals surface area contributed by atoms with E-state index in [0.717, 1.165) is 12.8 Å². The van der Waals surface area contributed by atoms with Gasteiger partial charge in [0.2, 0.25) is 0 Å². The van der Waals surface area contributed by atoms with Crippen LogP contribution in [0.5, 0.6) is 5.75 Å². The van der Waals surface area contributed by atoms with Crippen LogP contribution in [0.2, 0.25) is 0 Å². The molecule has 0 fully saturated rings. The molecule has 0 heterocycles. The minimum atomic E-state index is -0.518. The Hall–Kier alpha value is -1.55. The van der Waals surface area contributed by atoms with E-state index >= 15 is 0 Å². The van der Waals surface area contributed by atoms with E-state index in [4.69, 9.17) is 10.5 Å². The Morgan fingerprint density at radius 2 is 1.86 bits per heavy atom. The zero-order chi connectivity index (χ0) is 16.0. The minimum absolute atomic E-state index is 0.0958. The van der Waals surface area contributed by atoms with Gasteiger partial charge in [-0.2, -0.15) is 0 Å². The molecule has 0 saturated carbocycles. The van der Waals surface area contributed by atoms with Crippen molar-refractivity contribution in [3.63, 3.8) is 0 Å². The quantitative estimate of drug-likeness (QED) is 0.812. The summed E-state index contributed by atoms with van der Waals surface area (Å²) >= 11 is 0. The van der Waals surface area contributed by atoms with Crippen LogP contribution in [0.1, 0.15) is 46.6 Å². The Bertz CT molecular complexity index is 452. The van der Waals surface area contributed by atoms with Gasteiger partial charge in [-0.1, -0.05) is 19.1 Å². The summed E-state index contributed by atoms with van der Waals surface area (Å²) in [6.45, 7) is 9.78. The first-order valence-corrected chi connectivity index (χ1v) is 7.56. The number of hydrogen-bond donors (Lipinski definition) is 2. The van der Waals surface area contributed by atoms with Crippen molar-refractivity contribution in [2.75, 3.05) is 0 Å². The van der Waals surface area contributed by atoms with E-state index in [0.29, 0.717) is 5.75 Å². The molecular weight excluding hydrogens is 264 g/mol. The number of nitrogens with two attached hydrogens (primary N) is 1. The van der Waals surface area contributed by atoms with Crippen LogP contribution in [-0.2, 0) is 11.2 Å². The highest BCUT2D eigenvalue weighted by Crippen LogP contribution is 2.15. The highest BCUT2D eigenvalue weighted by Gasteiger charge is 2.22. The number of carbonyl (C=O) groups excluding carboxylic acids is 1. The second kappa shape index (κ2) is 7.46. The molecule has 1 aromatic rings. The maximum atomic E-state index is 12.1. The van der Waals surface area contributed by atoms with Crippen molar-refractivity contribution in [3.05, 3.63) is 29.8 Å². The molecule has 1 rings (SSSR count). The van der Waals surface area contributed by atoms with E-state index < -0.39 is 6.10 Å². The van der Waals surface area contributed by atoms with Crippen LogP contribution in [0, 0.1) is 0 Å². The Morgan fingerprint density at radius 3 is 2.33 bits per heavy atom. The summed E-state index contributed by atoms with van der Waals surface area (Å²) in [4.78, 5) is 12.1. The summed E-state index contributed by atoms with van der Waals surface area (Å²) in [5.74, 6) is 0.599. The Labute approximate surface area is 128 Å². The summed E-state index contributed by atoms with van der Waals surface area (Å²) in [6, 6.07) is 7.87. The molecule has 0 aliphatic heterocycles. The van der Waals surface area contributed by atoms with Gasteiger partial charge in [-0.25, -0.2) is 0 Å². The lowest BCUT2D eigenvalue weighted by atomic mass is 10.0. The van der Waals surface area contributed by atoms with Crippen LogP contribution in [0.4, 0.5) is 0 Å². The lowest BCUT2D eigenvalue weighted by Gasteiger charge is -2.26. The molecule has 0 spiro atoms. The second-order valence-electron chi connectivity index (χ2n) is 6.31. The normalized spacial score (nSPS) is 14.4. The number of amides is 1. The largest absolute Gasteiger partial charge is 0.481 e. The van der Waals surface area contributed by atoms with Crippen molar-refractivity contribution in [2.24, 2.45) is 5.73 Å². The van der Waals surface area contributed by atoms with Gasteiger partial charge in [0.25, 0.3) is 5.91 Å². The Balaban J connectivity index is 2.58. The van der Waals surface area contributed by atoms with Gasteiger partial charge < -0.3 is 15.8 Å². The first kappa shape index (κ1) is 17.5. The monoisotopic (exact) mass is 292 g/mol. The average Bonchev–Trinajstić information content (AvgIpc) is 2.40. The molecule has 0 saturated heterocycles. The summed E-state index contributed by atoms with van der Waals surface area (Å²) in [5, 5.41) is 2.98. The smallest absolute Gasteiger partial charge is 0.261 e. The van der Waals surface area contributed by atoms with Gasteiger partial charge in [0.1, 0.15) is 5.75 Å². The van der Waals surface area contributed by atoms with Gasteiger partial charge in [-0.05, 0) is 58.2 Å². The zero-order valence-electron chi connectivity index (χ0n) is 13.8. The third kappa shape index (κ3) is 6.17. The number of ether oxygens (including phenoxy) is 1. The molecule has 1 amide bonds. The van der Waals surface area contributed by atoms with E-state index in [9.17, 15) is 4.79 Å². The van der Waals surface area contributed by atoms with Crippen LogP contribution < -0.4 is 15.8 Å². The molecule has 2 atom stereocenters. The van der Waals surface area contributed by atoms with Gasteiger partial charge in [0.05, 0.1) is 0 Å². The SMILES string of the molecule is CCC(C)(C)NC(=O)C(C)Oc1ccc(CC(C)N)cc1. The fourth-order valence-electron chi connectivity index (χ4n) is 1.86. The van der Waals surface area contributed by atoms with E-state index in [-0.39, 0.29) is 17.5 Å². The number of carbonyl (C=O) groups is 1. The maximum absolute atomic E-state index is 12.1. The van der Waals surface area contributed by atoms with Crippen LogP contribution in [0.3, 0.4) is 0 Å². The van der Waals surface area contributed by atoms with Crippen LogP contribution in [0.25, 0.3) is 0 Å². The van der Waals surface area contributed by atoms with Crippen LogP contribution in [-0.4, -0.2) is 23.6 Å². The fraction of sp³-hybridized carbons (Fsp3) is 0.588. The molecular formula is C17H28N2O2. The zero-order valence-corrected chi connectivity index (χ0v) is 13.8. The number of benzene rings is 1. The molecule has 0 radical (unpaired) electrons. The molecule has 3 N–H and O–H groups in total. The third-order valence-corrected chi connectivity index (χ3v) is 3.51. The van der Waals surface area contributed by atoms with Gasteiger partial charge in [0.15, 0.2) is 6.10 Å². The predicted octanol–water partition coefficient (Wildman–Crippen LogP) is 2.65. The number of rotatable bonds is 7. The molecule has 0 bridgehead atoms. The summed E-state index contributed by atoms with van der Waals surface area (Å²) in [5.41, 5.74) is 6.73. The topological polar surface area (TPSA) is 64.3 Å². The van der Waals surface area contributed by atoms with Crippen molar-refractivity contribution in [3.8, 4) is 5.75 Å². The third-order valence-electron chi connectivity index (χ3n) is 3.51. The lowest BCUT2D eigenvalue weighted by Crippen LogP contribution is -2.48. The van der Waals surface area contributed by atoms with Crippen molar-refractivity contribution >= 4 is 5.91 Å². The van der Waals surface area contributed by atoms with Crippen molar-refractivity contribution in [1.82, 2.24) is 5.32 Å². The maximum Gasteiger partial charge on any atom is 0.261 e. The van der Waals surface area contributed by atoms with E-state index in [1.807, 2.05) is 52.0 Å². The number of nitrogens with one attached hydrogen (secondary N) is 1. The fourth-order valence-corrected chi connectivity index (χ4v) is 1.86. The van der Waals surface area contributed by atoms with Gasteiger partial charge in [-0.3, -0.25) is 4.79 Å². The molecule has 21 heavy (non-hydrogen) atoms. The highest BCUT2D eigenvalue weighted by molar-refractivity contribution is 5.81. The van der Waals surface area contributed by atoms with Gasteiger partial charge in [0, 0.05) is 11.6 Å². The van der Waals surface area contributed by atoms with Crippen LogP contribution >= 0.6 is 0 Å². The standard InChI is InChI=1S/C17H28N2O2/c1-6-17(4,5)19-16(20)13(3)21-15-9-7-14(8-10-15)11-12(2)18/h7-10,12-13H,6,11,18H2,1-5H3,(H,19,20). The summed E-state index contributed by atoms with van der Waals surface area (Å²) in [7, 11) is 0. The molecule has 0 aliphatic rings. The highest BCUT2D eigenvalue weighted by atomic mass is 16.5. The van der Waals surface area contributed by atoms with E-state index in [1.165, 1.54) is 5.56 Å². The van der Waals surface area contributed by atoms with E-state index in [1.54, 1.807) is 6.92 Å². The molecule has 2 unspecified atom stereocenters. The van der Waals surface area contributed by atoms with Gasteiger partial charge >= 0.3 is 0 Å².